The Labute approximate surface area is 185 Å². The van der Waals surface area contributed by atoms with E-state index in [4.69, 9.17) is 0 Å². The Balaban J connectivity index is 1.66. The summed E-state index contributed by atoms with van der Waals surface area (Å²) in [6.07, 6.45) is 23.7. The molecule has 165 valence electrons. The van der Waals surface area contributed by atoms with Crippen LogP contribution in [-0.2, 0) is 6.54 Å². The zero-order valence-electron chi connectivity index (χ0n) is 19.0. The van der Waals surface area contributed by atoms with Crippen molar-refractivity contribution in [3.8, 4) is 0 Å². The summed E-state index contributed by atoms with van der Waals surface area (Å²) in [7, 11) is 3.44. The first-order valence-electron chi connectivity index (χ1n) is 12.5. The number of hydrogen-bond acceptors (Lipinski definition) is 2. The molecule has 0 saturated heterocycles. The minimum atomic E-state index is 0.924. The molecule has 0 bridgehead atoms. The third-order valence-electron chi connectivity index (χ3n) is 5.75. The molecule has 3 heteroatoms. The van der Waals surface area contributed by atoms with Crippen molar-refractivity contribution in [1.29, 1.82) is 0 Å². The summed E-state index contributed by atoms with van der Waals surface area (Å²) in [6, 6.07) is 10.7. The summed E-state index contributed by atoms with van der Waals surface area (Å²) >= 11 is 0. The van der Waals surface area contributed by atoms with E-state index in [0.717, 1.165) is 25.8 Å². The second-order valence-electron chi connectivity index (χ2n) is 8.50. The predicted molar refractivity (Wildman–Crippen MR) is 131 cm³/mol. The van der Waals surface area contributed by atoms with Crippen LogP contribution in [0.15, 0.2) is 30.3 Å². The molecule has 0 saturated carbocycles. The monoisotopic (exact) mass is 415 g/mol. The van der Waals surface area contributed by atoms with E-state index in [2.05, 4.69) is 51.2 Å². The predicted octanol–water partition coefficient (Wildman–Crippen LogP) is 6.73. The van der Waals surface area contributed by atoms with Crippen LogP contribution in [0, 0.1) is 0 Å². The molecular weight excluding hydrogens is 368 g/mol. The summed E-state index contributed by atoms with van der Waals surface area (Å²) in [5, 5.41) is 6.88. The van der Waals surface area contributed by atoms with Crippen LogP contribution in [0.3, 0.4) is 0 Å². The fourth-order valence-corrected chi connectivity index (χ4v) is 4.07. The highest BCUT2D eigenvalue weighted by molar-refractivity contribution is 6.08. The molecule has 0 unspecified atom stereocenters. The van der Waals surface area contributed by atoms with Crippen LogP contribution in [-0.4, -0.2) is 29.5 Å². The number of benzene rings is 1. The molecule has 29 heavy (non-hydrogen) atoms. The Bertz CT molecular complexity index is 424. The summed E-state index contributed by atoms with van der Waals surface area (Å²) in [5.74, 6) is 0. The lowest BCUT2D eigenvalue weighted by Crippen LogP contribution is -2.16. The van der Waals surface area contributed by atoms with Crippen LogP contribution in [0.5, 0.6) is 0 Å². The Morgan fingerprint density at radius 3 is 1.28 bits per heavy atom. The molecule has 2 nitrogen and oxygen atoms in total. The first-order valence-corrected chi connectivity index (χ1v) is 13.2. The number of rotatable bonds is 22. The fourth-order valence-electron chi connectivity index (χ4n) is 3.89. The molecule has 3 radical (unpaired) electrons. The minimum Gasteiger partial charge on any atom is -0.320 e. The van der Waals surface area contributed by atoms with Crippen LogP contribution >= 0.6 is 0 Å². The average molecular weight is 416 g/mol. The van der Waals surface area contributed by atoms with Gasteiger partial charge in [0, 0.05) is 16.8 Å². The third-order valence-corrected chi connectivity index (χ3v) is 6.00. The average Bonchev–Trinajstić information content (AvgIpc) is 2.75. The molecule has 0 heterocycles. The van der Waals surface area contributed by atoms with Crippen molar-refractivity contribution >= 4 is 10.2 Å². The van der Waals surface area contributed by atoms with Gasteiger partial charge in [0.1, 0.15) is 0 Å². The lowest BCUT2D eigenvalue weighted by atomic mass is 10.0. The first-order chi connectivity index (χ1) is 14.4. The number of nitrogens with one attached hydrogen (secondary N) is 2. The Morgan fingerprint density at radius 1 is 0.483 bits per heavy atom. The van der Waals surface area contributed by atoms with E-state index in [0.29, 0.717) is 0 Å². The van der Waals surface area contributed by atoms with E-state index in [1.165, 1.54) is 108 Å². The second-order valence-corrected chi connectivity index (χ2v) is 8.85. The smallest absolute Gasteiger partial charge is 0.0428 e. The molecule has 2 N–H and O–H groups in total. The molecule has 1 aromatic rings. The van der Waals surface area contributed by atoms with E-state index >= 15 is 0 Å². The number of unbranched alkanes of at least 4 members (excludes halogenated alkanes) is 15. The maximum Gasteiger partial charge on any atom is 0.0428 e. The first kappa shape index (κ1) is 26.4. The molecule has 0 spiro atoms. The molecule has 0 aliphatic heterocycles. The molecule has 0 fully saturated rings. The minimum absolute atomic E-state index is 0.924. The van der Waals surface area contributed by atoms with Crippen LogP contribution in [0.4, 0.5) is 0 Å². The van der Waals surface area contributed by atoms with Gasteiger partial charge in [-0.15, -0.1) is 0 Å². The molecule has 1 aromatic carbocycles. The van der Waals surface area contributed by atoms with Gasteiger partial charge in [0.2, 0.25) is 0 Å². The van der Waals surface area contributed by atoms with Gasteiger partial charge in [0.05, 0.1) is 0 Å². The van der Waals surface area contributed by atoms with Gasteiger partial charge in [-0.2, -0.15) is 0 Å². The fraction of sp³-hybridized carbons (Fsp3) is 0.769. The zero-order valence-corrected chi connectivity index (χ0v) is 20.0. The molecule has 1 rings (SSSR count). The zero-order chi connectivity index (χ0) is 20.7. The Kier molecular flexibility index (Phi) is 20.1. The SMILES string of the molecule is [Si]CNCCCCCCCCCCCCCCCCCCNCc1ccccc1. The van der Waals surface area contributed by atoms with Crippen molar-refractivity contribution in [1.82, 2.24) is 10.6 Å². The Morgan fingerprint density at radius 2 is 0.862 bits per heavy atom. The largest absolute Gasteiger partial charge is 0.320 e. The topological polar surface area (TPSA) is 24.1 Å². The van der Waals surface area contributed by atoms with Crippen molar-refractivity contribution in [2.75, 3.05) is 19.3 Å². The van der Waals surface area contributed by atoms with E-state index in [9.17, 15) is 0 Å². The van der Waals surface area contributed by atoms with E-state index in [-0.39, 0.29) is 0 Å². The van der Waals surface area contributed by atoms with Crippen molar-refractivity contribution in [2.45, 2.75) is 109 Å². The summed E-state index contributed by atoms with van der Waals surface area (Å²) < 4.78 is 0. The van der Waals surface area contributed by atoms with Gasteiger partial charge in [-0.05, 0) is 37.7 Å². The molecule has 0 amide bonds. The van der Waals surface area contributed by atoms with Gasteiger partial charge >= 0.3 is 0 Å². The standard InChI is InChI=1S/C26H47N2Si/c29-25-28-23-19-14-12-10-8-6-4-2-1-3-5-7-9-11-13-18-22-27-24-26-20-16-15-17-21-26/h15-17,20-21,27-28H,1-14,18-19,22-25H2. The Hall–Kier alpha value is -0.643. The summed E-state index contributed by atoms with van der Waals surface area (Å²) in [4.78, 5) is 0. The third kappa shape index (κ3) is 19.1. The molecule has 0 aliphatic rings. The van der Waals surface area contributed by atoms with Crippen molar-refractivity contribution in [3.63, 3.8) is 0 Å². The molecular formula is C26H47N2Si. The van der Waals surface area contributed by atoms with Crippen LogP contribution in [0.25, 0.3) is 0 Å². The van der Waals surface area contributed by atoms with Crippen molar-refractivity contribution in [3.05, 3.63) is 35.9 Å². The van der Waals surface area contributed by atoms with Crippen molar-refractivity contribution in [2.24, 2.45) is 0 Å². The van der Waals surface area contributed by atoms with Gasteiger partial charge in [-0.25, -0.2) is 0 Å². The second kappa shape index (κ2) is 22.1. The normalized spacial score (nSPS) is 11.2. The van der Waals surface area contributed by atoms with Gasteiger partial charge in [-0.3, -0.25) is 0 Å². The highest BCUT2D eigenvalue weighted by Crippen LogP contribution is 2.13. The lowest BCUT2D eigenvalue weighted by Gasteiger charge is -2.05. The van der Waals surface area contributed by atoms with Crippen LogP contribution in [0.2, 0.25) is 0 Å². The summed E-state index contributed by atoms with van der Waals surface area (Å²) in [5.41, 5.74) is 1.39. The van der Waals surface area contributed by atoms with E-state index < -0.39 is 0 Å². The van der Waals surface area contributed by atoms with Crippen LogP contribution < -0.4 is 10.6 Å². The highest BCUT2D eigenvalue weighted by atomic mass is 28.1. The molecule has 0 atom stereocenters. The lowest BCUT2D eigenvalue weighted by molar-refractivity contribution is 0.522. The summed E-state index contributed by atoms with van der Waals surface area (Å²) in [6.45, 7) is 3.33. The maximum absolute atomic E-state index is 3.55. The van der Waals surface area contributed by atoms with Gasteiger partial charge in [0.25, 0.3) is 0 Å². The highest BCUT2D eigenvalue weighted by Gasteiger charge is 1.95. The quantitative estimate of drug-likeness (QED) is 0.162. The number of hydrogen-bond donors (Lipinski definition) is 2. The van der Waals surface area contributed by atoms with Gasteiger partial charge in [0.15, 0.2) is 0 Å². The van der Waals surface area contributed by atoms with E-state index in [1.54, 1.807) is 0 Å². The molecule has 0 aromatic heterocycles. The van der Waals surface area contributed by atoms with Crippen molar-refractivity contribution < 1.29 is 0 Å². The van der Waals surface area contributed by atoms with Gasteiger partial charge < -0.3 is 10.6 Å². The van der Waals surface area contributed by atoms with Crippen LogP contribution in [0.1, 0.15) is 108 Å². The van der Waals surface area contributed by atoms with Gasteiger partial charge in [-0.1, -0.05) is 120 Å². The molecule has 0 aliphatic carbocycles. The maximum atomic E-state index is 3.55. The van der Waals surface area contributed by atoms with E-state index in [1.807, 2.05) is 0 Å².